The Morgan fingerprint density at radius 1 is 1.24 bits per heavy atom. The number of halogens is 2. The number of imidazole rings is 1. The molecule has 2 N–H and O–H groups in total. The predicted octanol–water partition coefficient (Wildman–Crippen LogP) is 4.41. The molecule has 0 aliphatic heterocycles. The van der Waals surface area contributed by atoms with Crippen LogP contribution in [0.3, 0.4) is 0 Å². The van der Waals surface area contributed by atoms with Crippen LogP contribution in [0.2, 0.25) is 5.02 Å². The van der Waals surface area contributed by atoms with Gasteiger partial charge in [-0.3, -0.25) is 0 Å². The molecular weight excluding hydrogens is 289 g/mol. The Balaban J connectivity index is 2.04. The number of fused-ring (bicyclic) bond motifs is 1. The molecule has 0 spiro atoms. The Bertz CT molecular complexity index is 852. The van der Waals surface area contributed by atoms with Gasteiger partial charge in [0.05, 0.1) is 16.1 Å². The normalized spacial score (nSPS) is 14.8. The van der Waals surface area contributed by atoms with E-state index in [1.54, 1.807) is 6.07 Å². The fraction of sp³-hybridized carbons (Fsp3) is 0.188. The zero-order valence-corrected chi connectivity index (χ0v) is 11.9. The van der Waals surface area contributed by atoms with Crippen molar-refractivity contribution >= 4 is 28.3 Å². The van der Waals surface area contributed by atoms with Crippen LogP contribution < -0.4 is 5.73 Å². The standard InChI is InChI=1S/C16H13ClFN3/c17-12-2-1-3-14-15(12)21(10-5-6-10)16(20-14)11-7-4-9(18)8-13(11)19/h1-4,7-8,10H,5-6,19H2. The SMILES string of the molecule is Nc1cc(F)ccc1-c1nc2cccc(Cl)c2n1C1CC1. The minimum Gasteiger partial charge on any atom is -0.398 e. The van der Waals surface area contributed by atoms with Gasteiger partial charge in [0.25, 0.3) is 0 Å². The monoisotopic (exact) mass is 301 g/mol. The summed E-state index contributed by atoms with van der Waals surface area (Å²) in [4.78, 5) is 4.67. The third-order valence-electron chi connectivity index (χ3n) is 3.83. The van der Waals surface area contributed by atoms with E-state index in [1.807, 2.05) is 18.2 Å². The van der Waals surface area contributed by atoms with Crippen LogP contribution in [0.4, 0.5) is 10.1 Å². The average molecular weight is 302 g/mol. The Morgan fingerprint density at radius 3 is 2.76 bits per heavy atom. The maximum atomic E-state index is 13.3. The van der Waals surface area contributed by atoms with Crippen LogP contribution in [0, 0.1) is 5.82 Å². The maximum absolute atomic E-state index is 13.3. The zero-order valence-electron chi connectivity index (χ0n) is 11.2. The number of nitrogens with two attached hydrogens (primary N) is 1. The summed E-state index contributed by atoms with van der Waals surface area (Å²) in [6.45, 7) is 0. The first-order valence-electron chi connectivity index (χ1n) is 6.87. The first-order chi connectivity index (χ1) is 10.1. The fourth-order valence-electron chi connectivity index (χ4n) is 2.72. The molecule has 21 heavy (non-hydrogen) atoms. The fourth-order valence-corrected chi connectivity index (χ4v) is 2.98. The summed E-state index contributed by atoms with van der Waals surface area (Å²) in [6, 6.07) is 10.5. The van der Waals surface area contributed by atoms with E-state index >= 15 is 0 Å². The second-order valence-electron chi connectivity index (χ2n) is 5.38. The van der Waals surface area contributed by atoms with Crippen molar-refractivity contribution in [2.45, 2.75) is 18.9 Å². The van der Waals surface area contributed by atoms with Crippen LogP contribution in [0.5, 0.6) is 0 Å². The van der Waals surface area contributed by atoms with E-state index in [1.165, 1.54) is 12.1 Å². The van der Waals surface area contributed by atoms with Crippen LogP contribution in [0.1, 0.15) is 18.9 Å². The second-order valence-corrected chi connectivity index (χ2v) is 5.78. The van der Waals surface area contributed by atoms with E-state index in [2.05, 4.69) is 9.55 Å². The van der Waals surface area contributed by atoms with Crippen molar-refractivity contribution in [3.8, 4) is 11.4 Å². The number of rotatable bonds is 2. The van der Waals surface area contributed by atoms with E-state index < -0.39 is 0 Å². The van der Waals surface area contributed by atoms with Crippen molar-refractivity contribution in [2.75, 3.05) is 5.73 Å². The Morgan fingerprint density at radius 2 is 2.05 bits per heavy atom. The lowest BCUT2D eigenvalue weighted by Crippen LogP contribution is -2.00. The van der Waals surface area contributed by atoms with Crippen LogP contribution in [0.15, 0.2) is 36.4 Å². The molecule has 4 rings (SSSR count). The highest BCUT2D eigenvalue weighted by Crippen LogP contribution is 2.43. The molecule has 0 amide bonds. The first-order valence-corrected chi connectivity index (χ1v) is 7.25. The molecule has 1 aromatic heterocycles. The van der Waals surface area contributed by atoms with Crippen LogP contribution >= 0.6 is 11.6 Å². The summed E-state index contributed by atoms with van der Waals surface area (Å²) in [7, 11) is 0. The molecule has 5 heteroatoms. The number of anilines is 1. The van der Waals surface area contributed by atoms with Gasteiger partial charge in [-0.2, -0.15) is 0 Å². The van der Waals surface area contributed by atoms with Gasteiger partial charge in [-0.15, -0.1) is 0 Å². The quantitative estimate of drug-likeness (QED) is 0.712. The first kappa shape index (κ1) is 12.7. The third-order valence-corrected chi connectivity index (χ3v) is 4.13. The number of para-hydroxylation sites is 1. The Labute approximate surface area is 126 Å². The van der Waals surface area contributed by atoms with E-state index in [4.69, 9.17) is 17.3 Å². The number of nitrogen functional groups attached to an aromatic ring is 1. The van der Waals surface area contributed by atoms with E-state index in [0.717, 1.165) is 35.3 Å². The minimum atomic E-state index is -0.344. The van der Waals surface area contributed by atoms with Gasteiger partial charge in [-0.1, -0.05) is 17.7 Å². The van der Waals surface area contributed by atoms with Crippen molar-refractivity contribution in [3.63, 3.8) is 0 Å². The maximum Gasteiger partial charge on any atom is 0.143 e. The van der Waals surface area contributed by atoms with Crippen LogP contribution in [-0.2, 0) is 0 Å². The third kappa shape index (κ3) is 1.98. The number of hydrogen-bond acceptors (Lipinski definition) is 2. The molecule has 0 radical (unpaired) electrons. The summed E-state index contributed by atoms with van der Waals surface area (Å²) in [5, 5.41) is 0.679. The molecule has 2 aromatic carbocycles. The topological polar surface area (TPSA) is 43.8 Å². The van der Waals surface area contributed by atoms with Crippen LogP contribution in [-0.4, -0.2) is 9.55 Å². The summed E-state index contributed by atoms with van der Waals surface area (Å²) >= 11 is 6.35. The molecule has 0 bridgehead atoms. The molecule has 1 aliphatic rings. The molecule has 0 unspecified atom stereocenters. The smallest absolute Gasteiger partial charge is 0.143 e. The van der Waals surface area contributed by atoms with Crippen molar-refractivity contribution in [3.05, 3.63) is 47.2 Å². The van der Waals surface area contributed by atoms with Crippen molar-refractivity contribution in [1.82, 2.24) is 9.55 Å². The number of hydrogen-bond donors (Lipinski definition) is 1. The second kappa shape index (κ2) is 4.46. The lowest BCUT2D eigenvalue weighted by atomic mass is 10.1. The summed E-state index contributed by atoms with van der Waals surface area (Å²) < 4.78 is 15.4. The molecule has 3 nitrogen and oxygen atoms in total. The predicted molar refractivity (Wildman–Crippen MR) is 82.8 cm³/mol. The van der Waals surface area contributed by atoms with Gasteiger partial charge >= 0.3 is 0 Å². The molecule has 0 atom stereocenters. The van der Waals surface area contributed by atoms with Gasteiger partial charge < -0.3 is 10.3 Å². The van der Waals surface area contributed by atoms with Crippen molar-refractivity contribution < 1.29 is 4.39 Å². The number of aromatic nitrogens is 2. The van der Waals surface area contributed by atoms with Crippen LogP contribution in [0.25, 0.3) is 22.4 Å². The highest BCUT2D eigenvalue weighted by Gasteiger charge is 2.30. The summed E-state index contributed by atoms with van der Waals surface area (Å²) in [5.74, 6) is 0.418. The Hall–Kier alpha value is -2.07. The minimum absolute atomic E-state index is 0.344. The Kier molecular flexibility index (Phi) is 2.69. The molecule has 0 saturated heterocycles. The largest absolute Gasteiger partial charge is 0.398 e. The van der Waals surface area contributed by atoms with Gasteiger partial charge in [0.1, 0.15) is 11.6 Å². The molecule has 3 aromatic rings. The summed E-state index contributed by atoms with van der Waals surface area (Å²) in [6.07, 6.45) is 2.20. The highest BCUT2D eigenvalue weighted by atomic mass is 35.5. The molecule has 1 fully saturated rings. The van der Waals surface area contributed by atoms with E-state index in [-0.39, 0.29) is 5.82 Å². The summed E-state index contributed by atoms with van der Waals surface area (Å²) in [5.41, 5.74) is 8.89. The zero-order chi connectivity index (χ0) is 14.6. The number of nitrogens with zero attached hydrogens (tertiary/aromatic N) is 2. The van der Waals surface area contributed by atoms with Crippen molar-refractivity contribution in [2.24, 2.45) is 0 Å². The molecular formula is C16H13ClFN3. The molecule has 106 valence electrons. The molecule has 1 aliphatic carbocycles. The van der Waals surface area contributed by atoms with Gasteiger partial charge in [0, 0.05) is 17.3 Å². The van der Waals surface area contributed by atoms with E-state index in [9.17, 15) is 4.39 Å². The van der Waals surface area contributed by atoms with E-state index in [0.29, 0.717) is 16.8 Å². The van der Waals surface area contributed by atoms with Gasteiger partial charge in [-0.25, -0.2) is 9.37 Å². The lowest BCUT2D eigenvalue weighted by Gasteiger charge is -2.10. The van der Waals surface area contributed by atoms with Gasteiger partial charge in [0.15, 0.2) is 0 Å². The average Bonchev–Trinajstić information content (AvgIpc) is 3.20. The lowest BCUT2D eigenvalue weighted by molar-refractivity contribution is 0.628. The number of benzene rings is 2. The molecule has 1 saturated carbocycles. The van der Waals surface area contributed by atoms with Gasteiger partial charge in [0.2, 0.25) is 0 Å². The highest BCUT2D eigenvalue weighted by molar-refractivity contribution is 6.35. The van der Waals surface area contributed by atoms with Gasteiger partial charge in [-0.05, 0) is 43.2 Å². The van der Waals surface area contributed by atoms with Crippen molar-refractivity contribution in [1.29, 1.82) is 0 Å². The molecule has 1 heterocycles.